The molecule has 1 aromatic heterocycles. The van der Waals surface area contributed by atoms with Gasteiger partial charge in [-0.05, 0) is 48.4 Å². The van der Waals surface area contributed by atoms with Crippen molar-refractivity contribution >= 4 is 23.2 Å². The lowest BCUT2D eigenvalue weighted by atomic mass is 10.1. The summed E-state index contributed by atoms with van der Waals surface area (Å²) in [5.41, 5.74) is 2.90. The summed E-state index contributed by atoms with van der Waals surface area (Å²) in [7, 11) is 0. The van der Waals surface area contributed by atoms with Gasteiger partial charge in [0.15, 0.2) is 18.2 Å². The van der Waals surface area contributed by atoms with Crippen molar-refractivity contribution in [2.75, 3.05) is 23.4 Å². The average Bonchev–Trinajstić information content (AvgIpc) is 3.16. The molecule has 2 heterocycles. The summed E-state index contributed by atoms with van der Waals surface area (Å²) in [6.45, 7) is 0.252. The number of amides is 2. The zero-order valence-corrected chi connectivity index (χ0v) is 15.5. The van der Waals surface area contributed by atoms with Crippen LogP contribution in [0, 0.1) is 5.82 Å². The second-order valence-electron chi connectivity index (χ2n) is 6.55. The van der Waals surface area contributed by atoms with Gasteiger partial charge in [-0.25, -0.2) is 4.39 Å². The molecule has 1 aliphatic rings. The lowest BCUT2D eigenvalue weighted by molar-refractivity contribution is -0.118. The maximum absolute atomic E-state index is 13.6. The number of aromatic nitrogens is 1. The van der Waals surface area contributed by atoms with Gasteiger partial charge < -0.3 is 15.0 Å². The molecule has 6 nitrogen and oxygen atoms in total. The van der Waals surface area contributed by atoms with Crippen LogP contribution in [-0.2, 0) is 11.2 Å². The molecule has 0 bridgehead atoms. The number of nitrogens with zero attached hydrogens (tertiary/aromatic N) is 2. The van der Waals surface area contributed by atoms with Crippen LogP contribution in [-0.4, -0.2) is 29.9 Å². The number of para-hydroxylation sites is 1. The molecule has 3 aromatic rings. The Morgan fingerprint density at radius 3 is 2.69 bits per heavy atom. The molecular weight excluding hydrogens is 373 g/mol. The molecule has 1 N–H and O–H groups in total. The van der Waals surface area contributed by atoms with Crippen molar-refractivity contribution in [3.63, 3.8) is 0 Å². The van der Waals surface area contributed by atoms with Crippen LogP contribution >= 0.6 is 0 Å². The van der Waals surface area contributed by atoms with Gasteiger partial charge in [0.1, 0.15) is 0 Å². The van der Waals surface area contributed by atoms with Crippen molar-refractivity contribution in [1.29, 1.82) is 0 Å². The van der Waals surface area contributed by atoms with E-state index in [1.54, 1.807) is 53.7 Å². The van der Waals surface area contributed by atoms with E-state index in [0.717, 1.165) is 17.7 Å². The zero-order chi connectivity index (χ0) is 20.2. The Labute approximate surface area is 166 Å². The molecule has 2 amide bonds. The van der Waals surface area contributed by atoms with E-state index in [4.69, 9.17) is 4.74 Å². The number of hydrogen-bond acceptors (Lipinski definition) is 4. The fraction of sp³-hybridized carbons (Fsp3) is 0.136. The maximum atomic E-state index is 13.6. The fourth-order valence-electron chi connectivity index (χ4n) is 3.22. The highest BCUT2D eigenvalue weighted by Crippen LogP contribution is 2.32. The Morgan fingerprint density at radius 1 is 1.10 bits per heavy atom. The van der Waals surface area contributed by atoms with Gasteiger partial charge in [-0.1, -0.05) is 18.2 Å². The van der Waals surface area contributed by atoms with Crippen LogP contribution in [0.15, 0.2) is 67.0 Å². The summed E-state index contributed by atoms with van der Waals surface area (Å²) < 4.78 is 18.8. The molecule has 4 rings (SSSR count). The van der Waals surface area contributed by atoms with Crippen LogP contribution in [0.2, 0.25) is 0 Å². The van der Waals surface area contributed by atoms with Crippen LogP contribution in [0.4, 0.5) is 15.8 Å². The number of halogens is 1. The van der Waals surface area contributed by atoms with E-state index < -0.39 is 11.7 Å². The largest absolute Gasteiger partial charge is 0.481 e. The molecule has 1 aliphatic heterocycles. The standard InChI is InChI=1S/C22H18FN3O3/c23-18-3-1-2-4-20(18)29-14-21(27)25-17-6-5-15-9-12-26(19(15)13-17)22(28)16-7-10-24-11-8-16/h1-8,10-11,13H,9,12,14H2,(H,25,27). The topological polar surface area (TPSA) is 71.5 Å². The summed E-state index contributed by atoms with van der Waals surface area (Å²) in [6.07, 6.45) is 3.91. The zero-order valence-electron chi connectivity index (χ0n) is 15.5. The monoisotopic (exact) mass is 391 g/mol. The van der Waals surface area contributed by atoms with E-state index >= 15 is 0 Å². The Kier molecular flexibility index (Phi) is 5.20. The van der Waals surface area contributed by atoms with Crippen LogP contribution < -0.4 is 15.0 Å². The van der Waals surface area contributed by atoms with Crippen molar-refractivity contribution in [3.05, 3.63) is 83.9 Å². The van der Waals surface area contributed by atoms with Gasteiger partial charge in [-0.3, -0.25) is 14.6 Å². The molecule has 0 saturated carbocycles. The Hall–Kier alpha value is -3.74. The molecule has 2 aromatic carbocycles. The van der Waals surface area contributed by atoms with Crippen LogP contribution in [0.25, 0.3) is 0 Å². The first-order valence-corrected chi connectivity index (χ1v) is 9.14. The number of carbonyl (C=O) groups is 2. The number of nitrogens with one attached hydrogen (secondary N) is 1. The predicted molar refractivity (Wildman–Crippen MR) is 107 cm³/mol. The number of benzene rings is 2. The lowest BCUT2D eigenvalue weighted by Crippen LogP contribution is -2.29. The fourth-order valence-corrected chi connectivity index (χ4v) is 3.22. The van der Waals surface area contributed by atoms with Crippen molar-refractivity contribution in [2.45, 2.75) is 6.42 Å². The van der Waals surface area contributed by atoms with Crippen LogP contribution in [0.1, 0.15) is 15.9 Å². The first kappa shape index (κ1) is 18.6. The summed E-state index contributed by atoms with van der Waals surface area (Å²) in [4.78, 5) is 30.6. The quantitative estimate of drug-likeness (QED) is 0.723. The molecule has 0 atom stereocenters. The molecule has 0 spiro atoms. The van der Waals surface area contributed by atoms with Crippen molar-refractivity contribution in [3.8, 4) is 5.75 Å². The number of rotatable bonds is 5. The minimum Gasteiger partial charge on any atom is -0.481 e. The van der Waals surface area contributed by atoms with Gasteiger partial charge in [0, 0.05) is 35.9 Å². The summed E-state index contributed by atoms with van der Waals surface area (Å²) >= 11 is 0. The predicted octanol–water partition coefficient (Wildman–Crippen LogP) is 3.44. The molecule has 0 saturated heterocycles. The number of anilines is 2. The van der Waals surface area contributed by atoms with E-state index in [0.29, 0.717) is 17.8 Å². The highest BCUT2D eigenvalue weighted by atomic mass is 19.1. The van der Waals surface area contributed by atoms with E-state index in [1.807, 2.05) is 6.07 Å². The number of carbonyl (C=O) groups excluding carboxylic acids is 2. The minimum absolute atomic E-state index is 0.0192. The second-order valence-corrected chi connectivity index (χ2v) is 6.55. The SMILES string of the molecule is O=C(COc1ccccc1F)Nc1ccc2c(c1)N(C(=O)c1ccncc1)CC2. The van der Waals surface area contributed by atoms with Crippen LogP contribution in [0.5, 0.6) is 5.75 Å². The Balaban J connectivity index is 1.44. The number of pyridine rings is 1. The van der Waals surface area contributed by atoms with Crippen molar-refractivity contribution < 1.29 is 18.7 Å². The Bertz CT molecular complexity index is 1060. The smallest absolute Gasteiger partial charge is 0.262 e. The molecular formula is C22H18FN3O3. The molecule has 29 heavy (non-hydrogen) atoms. The van der Waals surface area contributed by atoms with Gasteiger partial charge in [-0.2, -0.15) is 0 Å². The maximum Gasteiger partial charge on any atom is 0.262 e. The van der Waals surface area contributed by atoms with Gasteiger partial charge in [0.25, 0.3) is 11.8 Å². The van der Waals surface area contributed by atoms with Crippen molar-refractivity contribution in [1.82, 2.24) is 4.98 Å². The average molecular weight is 391 g/mol. The van der Waals surface area contributed by atoms with Gasteiger partial charge >= 0.3 is 0 Å². The summed E-state index contributed by atoms with van der Waals surface area (Å²) in [6, 6.07) is 14.7. The molecule has 0 radical (unpaired) electrons. The minimum atomic E-state index is -0.525. The third kappa shape index (κ3) is 4.08. The van der Waals surface area contributed by atoms with E-state index in [2.05, 4.69) is 10.3 Å². The number of hydrogen-bond donors (Lipinski definition) is 1. The highest BCUT2D eigenvalue weighted by Gasteiger charge is 2.26. The van der Waals surface area contributed by atoms with Gasteiger partial charge in [0.05, 0.1) is 0 Å². The molecule has 7 heteroatoms. The highest BCUT2D eigenvalue weighted by molar-refractivity contribution is 6.07. The third-order valence-electron chi connectivity index (χ3n) is 4.63. The normalized spacial score (nSPS) is 12.4. The summed E-state index contributed by atoms with van der Waals surface area (Å²) in [5.74, 6) is -1.04. The van der Waals surface area contributed by atoms with Gasteiger partial charge in [0.2, 0.25) is 0 Å². The third-order valence-corrected chi connectivity index (χ3v) is 4.63. The number of fused-ring (bicyclic) bond motifs is 1. The molecule has 146 valence electrons. The van der Waals surface area contributed by atoms with E-state index in [-0.39, 0.29) is 18.3 Å². The van der Waals surface area contributed by atoms with E-state index in [1.165, 1.54) is 12.1 Å². The van der Waals surface area contributed by atoms with Crippen molar-refractivity contribution in [2.24, 2.45) is 0 Å². The lowest BCUT2D eigenvalue weighted by Gasteiger charge is -2.18. The van der Waals surface area contributed by atoms with Gasteiger partial charge in [-0.15, -0.1) is 0 Å². The Morgan fingerprint density at radius 2 is 1.90 bits per heavy atom. The second kappa shape index (κ2) is 8.10. The molecule has 0 unspecified atom stereocenters. The summed E-state index contributed by atoms with van der Waals surface area (Å²) in [5, 5.41) is 2.73. The first-order chi connectivity index (χ1) is 14.1. The van der Waals surface area contributed by atoms with E-state index in [9.17, 15) is 14.0 Å². The number of ether oxygens (including phenoxy) is 1. The van der Waals surface area contributed by atoms with Crippen LogP contribution in [0.3, 0.4) is 0 Å². The molecule has 0 aliphatic carbocycles. The first-order valence-electron chi connectivity index (χ1n) is 9.14. The molecule has 0 fully saturated rings.